The Balaban J connectivity index is 1.08. The molecule has 0 aromatic rings. The van der Waals surface area contributed by atoms with Crippen molar-refractivity contribution in [2.24, 2.45) is 28.6 Å². The Kier molecular flexibility index (Phi) is 11.0. The lowest BCUT2D eigenvalue weighted by molar-refractivity contribution is -0.200. The van der Waals surface area contributed by atoms with Crippen molar-refractivity contribution in [1.82, 2.24) is 10.2 Å². The van der Waals surface area contributed by atoms with E-state index in [2.05, 4.69) is 14.2 Å². The van der Waals surface area contributed by atoms with Crippen LogP contribution in [0.3, 0.4) is 0 Å². The highest BCUT2D eigenvalue weighted by atomic mass is 31.3. The van der Waals surface area contributed by atoms with E-state index in [1.54, 1.807) is 6.08 Å². The van der Waals surface area contributed by atoms with Crippen LogP contribution in [0, 0.1) is 28.6 Å². The van der Waals surface area contributed by atoms with Gasteiger partial charge in [-0.05, 0) is 56.1 Å². The molecule has 18 nitrogen and oxygen atoms in total. The molecule has 0 bridgehead atoms. The Morgan fingerprint density at radius 1 is 1.08 bits per heavy atom. The monoisotopic (exact) mass is 786 g/mol. The number of aliphatic hydroxyl groups is 1. The Labute approximate surface area is 305 Å². The molecule has 0 aromatic heterocycles. The van der Waals surface area contributed by atoms with E-state index in [0.717, 1.165) is 17.7 Å². The lowest BCUT2D eigenvalue weighted by Crippen LogP contribution is -2.63. The minimum Gasteiger partial charge on any atom is -0.428 e. The highest BCUT2D eigenvalue weighted by molar-refractivity contribution is 7.61. The molecular formula is C33H44N2O16P2. The van der Waals surface area contributed by atoms with E-state index in [9.17, 15) is 48.0 Å². The molecule has 0 radical (unpaired) electrons. The van der Waals surface area contributed by atoms with Gasteiger partial charge in [-0.1, -0.05) is 38.8 Å². The van der Waals surface area contributed by atoms with Crippen molar-refractivity contribution in [3.8, 4) is 0 Å². The normalized spacial score (nSPS) is 38.0. The van der Waals surface area contributed by atoms with Gasteiger partial charge in [-0.2, -0.15) is 4.31 Å². The summed E-state index contributed by atoms with van der Waals surface area (Å²) in [6.07, 6.45) is 6.48. The van der Waals surface area contributed by atoms with Crippen molar-refractivity contribution < 1.29 is 75.6 Å². The van der Waals surface area contributed by atoms with Crippen molar-refractivity contribution in [1.29, 1.82) is 0 Å². The summed E-state index contributed by atoms with van der Waals surface area (Å²) in [5.74, 6) is -2.70. The molecule has 20 heteroatoms. The average Bonchev–Trinajstić information content (AvgIpc) is 3.68. The predicted octanol–water partition coefficient (Wildman–Crippen LogP) is 2.58. The number of ketones is 2. The molecule has 6 rings (SSSR count). The second kappa shape index (κ2) is 14.6. The lowest BCUT2D eigenvalue weighted by Gasteiger charge is -2.59. The molecule has 0 aromatic carbocycles. The number of fused-ring (bicyclic) bond motifs is 7. The van der Waals surface area contributed by atoms with E-state index in [1.165, 1.54) is 6.08 Å². The quantitative estimate of drug-likeness (QED) is 0.112. The first-order chi connectivity index (χ1) is 24.9. The number of aliphatic hydroxyl groups excluding tert-OH is 1. The van der Waals surface area contributed by atoms with E-state index < -0.39 is 101 Å². The maximum Gasteiger partial charge on any atom is 0.481 e. The molecule has 53 heavy (non-hydrogen) atoms. The number of Topliss-reactive ketones (excluding diaryl/α,β-unsaturated/α-hetero) is 1. The highest BCUT2D eigenvalue weighted by Gasteiger charge is 2.76. The van der Waals surface area contributed by atoms with Crippen molar-refractivity contribution >= 4 is 45.1 Å². The van der Waals surface area contributed by atoms with Crippen LogP contribution < -0.4 is 5.32 Å². The number of nitrogens with zero attached hydrogens (tertiary/aromatic N) is 1. The van der Waals surface area contributed by atoms with Gasteiger partial charge >= 0.3 is 21.7 Å². The van der Waals surface area contributed by atoms with Crippen LogP contribution in [-0.2, 0) is 55.9 Å². The minimum absolute atomic E-state index is 0.0754. The summed E-state index contributed by atoms with van der Waals surface area (Å²) in [4.78, 5) is 82.4. The molecule has 6 aliphatic rings. The molecule has 292 valence electrons. The van der Waals surface area contributed by atoms with Gasteiger partial charge in [-0.25, -0.2) is 18.8 Å². The van der Waals surface area contributed by atoms with Crippen molar-refractivity contribution in [2.45, 2.75) is 83.4 Å². The van der Waals surface area contributed by atoms with Crippen LogP contribution in [0.5, 0.6) is 0 Å². The maximum atomic E-state index is 14.3. The summed E-state index contributed by atoms with van der Waals surface area (Å²) in [7, 11) is -10.7. The van der Waals surface area contributed by atoms with E-state index in [1.807, 2.05) is 26.8 Å². The van der Waals surface area contributed by atoms with Crippen LogP contribution >= 0.6 is 15.6 Å². The molecular weight excluding hydrogens is 742 g/mol. The van der Waals surface area contributed by atoms with Gasteiger partial charge in [0.15, 0.2) is 30.2 Å². The predicted molar refractivity (Wildman–Crippen MR) is 179 cm³/mol. The number of rotatable bonds is 14. The fraction of sp³-hybridized carbons (Fsp3) is 0.667. The molecule has 3 saturated carbocycles. The lowest BCUT2D eigenvalue weighted by atomic mass is 9.46. The SMILES string of the molecule is CCCC1O[C@@H]2C[C@H]3[C@@H]4CCC5=CC(=O)C=C[C@]5(C)[C@H]4[C@@H](O)C[C@]3(C)[C@]2(C(=O)COP(=O)(O)OP(=O)(O)OCCNC(=O)OCN2C(=O)C=CC2=O)O1. The van der Waals surface area contributed by atoms with Crippen LogP contribution in [0.1, 0.15) is 59.3 Å². The first-order valence-corrected chi connectivity index (χ1v) is 20.4. The van der Waals surface area contributed by atoms with Gasteiger partial charge in [-0.15, -0.1) is 0 Å². The van der Waals surface area contributed by atoms with E-state index in [-0.39, 0.29) is 30.0 Å². The summed E-state index contributed by atoms with van der Waals surface area (Å²) in [6.45, 7) is 2.88. The van der Waals surface area contributed by atoms with Crippen LogP contribution in [0.15, 0.2) is 36.0 Å². The Hall–Kier alpha value is -2.89. The number of phosphoric acid groups is 2. The number of hydrogen-bond donors (Lipinski definition) is 4. The molecule has 2 heterocycles. The largest absolute Gasteiger partial charge is 0.481 e. The number of carbonyl (C=O) groups is 5. The minimum atomic E-state index is -5.44. The topological polar surface area (TPSA) is 251 Å². The zero-order valence-corrected chi connectivity index (χ0v) is 31.2. The van der Waals surface area contributed by atoms with Gasteiger partial charge in [0, 0.05) is 35.4 Å². The Morgan fingerprint density at radius 2 is 1.77 bits per heavy atom. The smallest absolute Gasteiger partial charge is 0.428 e. The van der Waals surface area contributed by atoms with Gasteiger partial charge in [-0.3, -0.25) is 28.2 Å². The number of phosphoric ester groups is 2. The van der Waals surface area contributed by atoms with Crippen LogP contribution in [0.4, 0.5) is 4.79 Å². The number of carbonyl (C=O) groups excluding carboxylic acids is 5. The number of alkyl carbamates (subject to hydrolysis) is 1. The summed E-state index contributed by atoms with van der Waals surface area (Å²) < 4.78 is 56.8. The fourth-order valence-electron chi connectivity index (χ4n) is 9.48. The average molecular weight is 787 g/mol. The molecule has 2 aliphatic heterocycles. The zero-order valence-electron chi connectivity index (χ0n) is 29.4. The number of hydrogen-bond acceptors (Lipinski definition) is 14. The number of allylic oxidation sites excluding steroid dienone is 4. The Morgan fingerprint density at radius 3 is 2.47 bits per heavy atom. The summed E-state index contributed by atoms with van der Waals surface area (Å²) in [5.41, 5.74) is -2.29. The zero-order chi connectivity index (χ0) is 38.6. The van der Waals surface area contributed by atoms with Crippen LogP contribution in [0.2, 0.25) is 0 Å². The van der Waals surface area contributed by atoms with Crippen LogP contribution in [0.25, 0.3) is 0 Å². The second-order valence-corrected chi connectivity index (χ2v) is 17.7. The second-order valence-electron chi connectivity index (χ2n) is 14.6. The van der Waals surface area contributed by atoms with Crippen LogP contribution in [-0.4, -0.2) is 99.9 Å². The summed E-state index contributed by atoms with van der Waals surface area (Å²) in [6, 6.07) is 0. The molecule has 1 saturated heterocycles. The third kappa shape index (κ3) is 7.31. The van der Waals surface area contributed by atoms with E-state index >= 15 is 0 Å². The molecule has 11 atom stereocenters. The molecule has 4 aliphatic carbocycles. The maximum absolute atomic E-state index is 14.3. The number of ether oxygens (including phenoxy) is 3. The standard InChI is InChI=1S/C33H44N2O16P2/c1-4-5-28-49-25-15-22-21-7-6-19-14-20(36)10-11-31(19,2)29(21)23(37)16-32(22,3)33(25,50-28)24(38)17-48-53(44,45)51-52(42,43)47-13-12-34-30(41)46-18-35-26(39)8-9-27(35)40/h8-11,14,21-23,25,28-29,37H,4-7,12-13,15-18H2,1-3H3,(H,34,41)(H,42,43)(H,44,45)/t21-,22-,23-,25+,28?,29+,31-,32-,33+/m0/s1. The van der Waals surface area contributed by atoms with Crippen molar-refractivity contribution in [3.63, 3.8) is 0 Å². The molecule has 0 spiro atoms. The number of nitrogens with one attached hydrogen (secondary N) is 1. The third-order valence-corrected chi connectivity index (χ3v) is 14.3. The molecule has 3 amide bonds. The van der Waals surface area contributed by atoms with Crippen molar-refractivity contribution in [2.75, 3.05) is 26.5 Å². The highest BCUT2D eigenvalue weighted by Crippen LogP contribution is 2.70. The summed E-state index contributed by atoms with van der Waals surface area (Å²) >= 11 is 0. The molecule has 4 fully saturated rings. The summed E-state index contributed by atoms with van der Waals surface area (Å²) in [5, 5.41) is 14.0. The van der Waals surface area contributed by atoms with Gasteiger partial charge in [0.05, 0.1) is 18.8 Å². The van der Waals surface area contributed by atoms with Gasteiger partial charge in [0.25, 0.3) is 11.8 Å². The van der Waals surface area contributed by atoms with Gasteiger partial charge in [0.2, 0.25) is 0 Å². The first-order valence-electron chi connectivity index (χ1n) is 17.4. The third-order valence-electron chi connectivity index (χ3n) is 11.6. The van der Waals surface area contributed by atoms with E-state index in [0.29, 0.717) is 37.0 Å². The van der Waals surface area contributed by atoms with E-state index in [4.69, 9.17) is 18.7 Å². The fourth-order valence-corrected chi connectivity index (χ4v) is 11.5. The molecule has 3 unspecified atom stereocenters. The number of imide groups is 1. The van der Waals surface area contributed by atoms with Gasteiger partial charge < -0.3 is 34.4 Å². The van der Waals surface area contributed by atoms with Gasteiger partial charge in [0.1, 0.15) is 6.61 Å². The van der Waals surface area contributed by atoms with Crippen molar-refractivity contribution in [3.05, 3.63) is 36.0 Å². The first kappa shape index (κ1) is 39.8. The molecule has 4 N–H and O–H groups in total. The number of amides is 3. The Bertz CT molecular complexity index is 1730.